The Morgan fingerprint density at radius 1 is 1.15 bits per heavy atom. The van der Waals surface area contributed by atoms with E-state index in [2.05, 4.69) is 13.8 Å². The third-order valence-electron chi connectivity index (χ3n) is 1.10. The first kappa shape index (κ1) is 19.3. The van der Waals surface area contributed by atoms with Gasteiger partial charge in [0, 0.05) is 19.5 Å². The van der Waals surface area contributed by atoms with Crippen LogP contribution in [0.15, 0.2) is 0 Å². The van der Waals surface area contributed by atoms with Gasteiger partial charge < -0.3 is 21.6 Å². The smallest absolute Gasteiger partial charge is 0.343 e. The molecular formula is C7H18O4PZn-. The van der Waals surface area contributed by atoms with Crippen LogP contribution >= 0.6 is 7.82 Å². The maximum Gasteiger partial charge on any atom is 0.466 e. The summed E-state index contributed by atoms with van der Waals surface area (Å²) in [6.45, 7) is 5.98. The van der Waals surface area contributed by atoms with E-state index in [0.717, 1.165) is 6.42 Å². The molecule has 0 heterocycles. The Labute approximate surface area is 92.8 Å². The van der Waals surface area contributed by atoms with E-state index in [1.165, 1.54) is 25.7 Å². The zero-order valence-corrected chi connectivity index (χ0v) is 12.0. The molecule has 0 bridgehead atoms. The molecule has 0 aromatic heterocycles. The number of hydrogen-bond donors (Lipinski definition) is 3. The van der Waals surface area contributed by atoms with Crippen LogP contribution in [0.5, 0.6) is 0 Å². The molecule has 6 heteroatoms. The zero-order chi connectivity index (χ0) is 10.0. The molecule has 4 nitrogen and oxygen atoms in total. The maximum absolute atomic E-state index is 8.88. The second-order valence-electron chi connectivity index (χ2n) is 2.43. The Hall–Kier alpha value is 0.733. The molecule has 0 aromatic rings. The summed E-state index contributed by atoms with van der Waals surface area (Å²) >= 11 is 0. The Bertz CT molecular complexity index is 113. The molecule has 0 amide bonds. The van der Waals surface area contributed by atoms with Crippen molar-refractivity contribution in [2.45, 2.75) is 39.0 Å². The van der Waals surface area contributed by atoms with Gasteiger partial charge in [-0.1, -0.05) is 32.6 Å². The molecule has 0 fully saturated rings. The molecular weight excluding hydrogens is 244 g/mol. The molecule has 0 spiro atoms. The SMILES string of the molecule is O=P(O)(O)O.[CH2-]CCCCCC.[Zn]. The van der Waals surface area contributed by atoms with Gasteiger partial charge in [-0.2, -0.15) is 6.42 Å². The molecule has 78 valence electrons. The van der Waals surface area contributed by atoms with Crippen molar-refractivity contribution in [1.82, 2.24) is 0 Å². The normalized spacial score (nSPS) is 9.62. The van der Waals surface area contributed by atoms with Crippen molar-refractivity contribution in [2.75, 3.05) is 0 Å². The minimum absolute atomic E-state index is 0. The van der Waals surface area contributed by atoms with Gasteiger partial charge in [0.2, 0.25) is 0 Å². The fraction of sp³-hybridized carbons (Fsp3) is 0.857. The van der Waals surface area contributed by atoms with E-state index in [0.29, 0.717) is 0 Å². The quantitative estimate of drug-likeness (QED) is 0.313. The van der Waals surface area contributed by atoms with Crippen LogP contribution < -0.4 is 0 Å². The van der Waals surface area contributed by atoms with Crippen LogP contribution in [0, 0.1) is 6.92 Å². The number of hydrogen-bond acceptors (Lipinski definition) is 1. The number of unbranched alkanes of at least 4 members (excludes halogenated alkanes) is 4. The van der Waals surface area contributed by atoms with Gasteiger partial charge in [-0.3, -0.25) is 0 Å². The molecule has 0 aliphatic heterocycles. The van der Waals surface area contributed by atoms with Gasteiger partial charge in [0.15, 0.2) is 0 Å². The van der Waals surface area contributed by atoms with E-state index in [9.17, 15) is 0 Å². The van der Waals surface area contributed by atoms with Crippen molar-refractivity contribution in [3.63, 3.8) is 0 Å². The summed E-state index contributed by atoms with van der Waals surface area (Å²) in [5, 5.41) is 0. The van der Waals surface area contributed by atoms with Crippen LogP contribution in [-0.4, -0.2) is 14.7 Å². The summed E-state index contributed by atoms with van der Waals surface area (Å²) < 4.78 is 8.88. The molecule has 0 rings (SSSR count). The van der Waals surface area contributed by atoms with Crippen molar-refractivity contribution in [2.24, 2.45) is 0 Å². The van der Waals surface area contributed by atoms with Crippen molar-refractivity contribution in [3.8, 4) is 0 Å². The van der Waals surface area contributed by atoms with Crippen LogP contribution in [0.4, 0.5) is 0 Å². The van der Waals surface area contributed by atoms with Crippen LogP contribution in [-0.2, 0) is 24.0 Å². The number of rotatable bonds is 4. The summed E-state index contributed by atoms with van der Waals surface area (Å²) in [5.41, 5.74) is 0. The van der Waals surface area contributed by atoms with E-state index < -0.39 is 7.82 Å². The maximum atomic E-state index is 8.88. The molecule has 0 aliphatic rings. The molecule has 0 aliphatic carbocycles. The first-order chi connectivity index (χ1) is 5.41. The zero-order valence-electron chi connectivity index (χ0n) is 8.15. The van der Waals surface area contributed by atoms with Crippen molar-refractivity contribution < 1.29 is 38.7 Å². The third-order valence-corrected chi connectivity index (χ3v) is 1.10. The summed E-state index contributed by atoms with van der Waals surface area (Å²) in [6.07, 6.45) is 6.52. The predicted octanol–water partition coefficient (Wildman–Crippen LogP) is 1.86. The Morgan fingerprint density at radius 3 is 1.77 bits per heavy atom. The molecule has 0 saturated heterocycles. The van der Waals surface area contributed by atoms with Gasteiger partial charge in [-0.15, -0.1) is 0 Å². The molecule has 13 heavy (non-hydrogen) atoms. The third kappa shape index (κ3) is 65.5. The van der Waals surface area contributed by atoms with E-state index in [1.807, 2.05) is 0 Å². The molecule has 0 radical (unpaired) electrons. The van der Waals surface area contributed by atoms with Gasteiger partial charge in [0.05, 0.1) is 0 Å². The summed E-state index contributed by atoms with van der Waals surface area (Å²) in [4.78, 5) is 21.6. The molecule has 0 atom stereocenters. The molecule has 0 aromatic carbocycles. The summed E-state index contributed by atoms with van der Waals surface area (Å²) in [6, 6.07) is 0. The van der Waals surface area contributed by atoms with Crippen molar-refractivity contribution in [1.29, 1.82) is 0 Å². The average molecular weight is 263 g/mol. The van der Waals surface area contributed by atoms with Gasteiger partial charge in [-0.25, -0.2) is 4.57 Å². The Morgan fingerprint density at radius 2 is 1.54 bits per heavy atom. The van der Waals surface area contributed by atoms with Gasteiger partial charge in [0.1, 0.15) is 0 Å². The number of phosphoric acid groups is 1. The summed E-state index contributed by atoms with van der Waals surface area (Å²) in [7, 11) is -4.64. The van der Waals surface area contributed by atoms with Gasteiger partial charge >= 0.3 is 7.82 Å². The fourth-order valence-corrected chi connectivity index (χ4v) is 0.604. The topological polar surface area (TPSA) is 77.8 Å². The van der Waals surface area contributed by atoms with E-state index in [4.69, 9.17) is 19.2 Å². The molecule has 0 unspecified atom stereocenters. The predicted molar refractivity (Wildman–Crippen MR) is 48.4 cm³/mol. The Balaban J connectivity index is -0.000000150. The summed E-state index contributed by atoms with van der Waals surface area (Å²) in [5.74, 6) is 0. The second kappa shape index (κ2) is 12.7. The standard InChI is InChI=1S/C7H15.H3O4P.Zn/c1-3-5-7-6-4-2;1-5(2,3)4;/h1,3-7H2,2H3;(H3,1,2,3,4);/q-1;;. The van der Waals surface area contributed by atoms with Gasteiger partial charge in [0.25, 0.3) is 0 Å². The monoisotopic (exact) mass is 261 g/mol. The van der Waals surface area contributed by atoms with Crippen LogP contribution in [0.1, 0.15) is 39.0 Å². The average Bonchev–Trinajstić information content (AvgIpc) is 1.85. The van der Waals surface area contributed by atoms with Crippen LogP contribution in [0.2, 0.25) is 0 Å². The largest absolute Gasteiger partial charge is 0.466 e. The Kier molecular flexibility index (Phi) is 18.9. The minimum atomic E-state index is -4.64. The second-order valence-corrected chi connectivity index (χ2v) is 3.45. The van der Waals surface area contributed by atoms with E-state index in [1.54, 1.807) is 0 Å². The molecule has 0 saturated carbocycles. The minimum Gasteiger partial charge on any atom is -0.343 e. The first-order valence-corrected chi connectivity index (χ1v) is 5.55. The first-order valence-electron chi connectivity index (χ1n) is 3.99. The van der Waals surface area contributed by atoms with Crippen LogP contribution in [0.25, 0.3) is 0 Å². The van der Waals surface area contributed by atoms with Gasteiger partial charge in [-0.05, 0) is 0 Å². The molecule has 3 N–H and O–H groups in total. The van der Waals surface area contributed by atoms with Crippen LogP contribution in [0.3, 0.4) is 0 Å². The van der Waals surface area contributed by atoms with E-state index in [-0.39, 0.29) is 19.5 Å². The fourth-order valence-electron chi connectivity index (χ4n) is 0.604. The van der Waals surface area contributed by atoms with E-state index >= 15 is 0 Å². The van der Waals surface area contributed by atoms with Crippen molar-refractivity contribution >= 4 is 7.82 Å². The van der Waals surface area contributed by atoms with Crippen molar-refractivity contribution in [3.05, 3.63) is 6.92 Å².